The molecule has 0 amide bonds. The summed E-state index contributed by atoms with van der Waals surface area (Å²) in [4.78, 5) is 23.8. The third kappa shape index (κ3) is 3.16. The molecule has 0 spiro atoms. The fourth-order valence-corrected chi connectivity index (χ4v) is 3.70. The van der Waals surface area contributed by atoms with E-state index in [2.05, 4.69) is 44.2 Å². The number of aromatic amines is 2. The number of hydrogen-bond acceptors (Lipinski definition) is 5. The van der Waals surface area contributed by atoms with E-state index in [0.29, 0.717) is 18.8 Å². The molecule has 3 aromatic heterocycles. The Kier molecular flexibility index (Phi) is 4.02. The Hall–Kier alpha value is -3.00. The van der Waals surface area contributed by atoms with Crippen molar-refractivity contribution in [3.63, 3.8) is 0 Å². The molecule has 0 aliphatic rings. The van der Waals surface area contributed by atoms with Crippen molar-refractivity contribution in [3.8, 4) is 21.3 Å². The number of thiazole rings is 1. The first kappa shape index (κ1) is 15.5. The maximum absolute atomic E-state index is 11.1. The van der Waals surface area contributed by atoms with Gasteiger partial charge in [0.2, 0.25) is 0 Å². The predicted molar refractivity (Wildman–Crippen MR) is 96.4 cm³/mol. The quantitative estimate of drug-likeness (QED) is 0.577. The summed E-state index contributed by atoms with van der Waals surface area (Å²) in [6.07, 6.45) is 6.18. The van der Waals surface area contributed by atoms with E-state index in [1.165, 1.54) is 5.56 Å². The van der Waals surface area contributed by atoms with E-state index in [1.807, 2.05) is 29.1 Å². The highest BCUT2D eigenvalue weighted by Gasteiger charge is 2.13. The van der Waals surface area contributed by atoms with Crippen LogP contribution in [0.5, 0.6) is 0 Å². The van der Waals surface area contributed by atoms with E-state index >= 15 is 0 Å². The minimum atomic E-state index is -0.286. The predicted octanol–water partition coefficient (Wildman–Crippen LogP) is 2.64. The van der Waals surface area contributed by atoms with Gasteiger partial charge in [0.1, 0.15) is 10.8 Å². The molecule has 0 atom stereocenters. The molecule has 0 fully saturated rings. The number of benzene rings is 1. The van der Waals surface area contributed by atoms with Crippen molar-refractivity contribution in [3.05, 3.63) is 64.7 Å². The molecule has 0 saturated carbocycles. The highest BCUT2D eigenvalue weighted by Crippen LogP contribution is 2.32. The summed E-state index contributed by atoms with van der Waals surface area (Å²) in [5, 5.41) is 7.30. The van der Waals surface area contributed by atoms with Crippen LogP contribution in [0.25, 0.3) is 21.3 Å². The zero-order valence-electron chi connectivity index (χ0n) is 13.6. The number of hydrogen-bond donors (Lipinski definition) is 2. The maximum Gasteiger partial charge on any atom is 0.340 e. The van der Waals surface area contributed by atoms with Crippen LogP contribution in [0.3, 0.4) is 0 Å². The number of nitrogens with one attached hydrogen (secondary N) is 2. The topological polar surface area (TPSA) is 92.2 Å². The van der Waals surface area contributed by atoms with Gasteiger partial charge in [0.15, 0.2) is 5.82 Å². The van der Waals surface area contributed by atoms with E-state index in [1.54, 1.807) is 17.5 Å². The number of H-pyrrole nitrogens is 2. The minimum absolute atomic E-state index is 0.286. The van der Waals surface area contributed by atoms with Crippen LogP contribution in [0.2, 0.25) is 0 Å². The Balaban J connectivity index is 1.58. The van der Waals surface area contributed by atoms with Crippen molar-refractivity contribution in [2.24, 2.45) is 0 Å². The van der Waals surface area contributed by atoms with Crippen LogP contribution in [0.4, 0.5) is 0 Å². The lowest BCUT2D eigenvalue weighted by atomic mass is 10.1. The molecule has 1 aromatic carbocycles. The fraction of sp³-hybridized carbons (Fsp3) is 0.176. The summed E-state index contributed by atoms with van der Waals surface area (Å²) in [7, 11) is 0. The molecule has 0 unspecified atom stereocenters. The number of rotatable bonds is 5. The molecule has 4 aromatic rings. The molecule has 3 heterocycles. The van der Waals surface area contributed by atoms with Gasteiger partial charge in [-0.3, -0.25) is 4.98 Å². The van der Waals surface area contributed by atoms with Gasteiger partial charge in [0.05, 0.1) is 4.88 Å². The van der Waals surface area contributed by atoms with Crippen LogP contribution in [-0.2, 0) is 13.0 Å². The van der Waals surface area contributed by atoms with Gasteiger partial charge >= 0.3 is 5.69 Å². The van der Waals surface area contributed by atoms with Crippen LogP contribution in [0.1, 0.15) is 11.4 Å². The van der Waals surface area contributed by atoms with Crippen LogP contribution in [0.15, 0.2) is 47.7 Å². The van der Waals surface area contributed by atoms with Gasteiger partial charge < -0.3 is 4.57 Å². The molecule has 0 aliphatic carbocycles. The van der Waals surface area contributed by atoms with E-state index in [4.69, 9.17) is 0 Å². The van der Waals surface area contributed by atoms with E-state index < -0.39 is 0 Å². The Morgan fingerprint density at radius 3 is 2.92 bits per heavy atom. The third-order valence-electron chi connectivity index (χ3n) is 3.96. The molecule has 4 rings (SSSR count). The summed E-state index contributed by atoms with van der Waals surface area (Å²) in [5.74, 6) is 1.50. The van der Waals surface area contributed by atoms with Crippen molar-refractivity contribution in [1.29, 1.82) is 0 Å². The molecular formula is C17H16N6OS. The molecule has 0 bridgehead atoms. The van der Waals surface area contributed by atoms with E-state index in [-0.39, 0.29) is 5.69 Å². The molecular weight excluding hydrogens is 336 g/mol. The number of aromatic nitrogens is 6. The average Bonchev–Trinajstić information content (AvgIpc) is 3.33. The lowest BCUT2D eigenvalue weighted by Crippen LogP contribution is -2.05. The second-order valence-electron chi connectivity index (χ2n) is 5.66. The normalized spacial score (nSPS) is 11.1. The second-order valence-corrected chi connectivity index (χ2v) is 6.69. The first-order valence-electron chi connectivity index (χ1n) is 7.87. The average molecular weight is 352 g/mol. The summed E-state index contributed by atoms with van der Waals surface area (Å²) >= 11 is 1.62. The van der Waals surface area contributed by atoms with Crippen LogP contribution in [0, 0.1) is 6.92 Å². The molecule has 126 valence electrons. The van der Waals surface area contributed by atoms with E-state index in [0.717, 1.165) is 21.3 Å². The second kappa shape index (κ2) is 6.48. The number of nitrogens with zero attached hydrogens (tertiary/aromatic N) is 4. The van der Waals surface area contributed by atoms with Gasteiger partial charge in [-0.25, -0.2) is 19.9 Å². The van der Waals surface area contributed by atoms with Gasteiger partial charge in [-0.1, -0.05) is 24.3 Å². The van der Waals surface area contributed by atoms with Gasteiger partial charge in [0.25, 0.3) is 0 Å². The van der Waals surface area contributed by atoms with Crippen LogP contribution >= 0.6 is 11.3 Å². The lowest BCUT2D eigenvalue weighted by molar-refractivity contribution is 0.680. The highest BCUT2D eigenvalue weighted by atomic mass is 32.1. The standard InChI is InChI=1S/C17H16N6OS/c1-11-4-2-3-5-12(11)16-19-10-13(25-16)15-18-7-9-23(15)8-6-14-20-17(24)22-21-14/h2-5,7,9-10H,6,8H2,1H3,(H2,20,21,22,24). The molecule has 0 saturated heterocycles. The molecule has 2 N–H and O–H groups in total. The summed E-state index contributed by atoms with van der Waals surface area (Å²) < 4.78 is 2.04. The van der Waals surface area contributed by atoms with Crippen molar-refractivity contribution < 1.29 is 0 Å². The van der Waals surface area contributed by atoms with Gasteiger partial charge in [0, 0.05) is 37.1 Å². The van der Waals surface area contributed by atoms with Crippen molar-refractivity contribution in [2.75, 3.05) is 0 Å². The Bertz CT molecular complexity index is 1060. The largest absolute Gasteiger partial charge is 0.340 e. The highest BCUT2D eigenvalue weighted by molar-refractivity contribution is 7.18. The van der Waals surface area contributed by atoms with Gasteiger partial charge in [-0.2, -0.15) is 5.10 Å². The fourth-order valence-electron chi connectivity index (χ4n) is 2.68. The molecule has 8 heteroatoms. The lowest BCUT2D eigenvalue weighted by Gasteiger charge is -2.04. The summed E-state index contributed by atoms with van der Waals surface area (Å²) in [6.45, 7) is 2.76. The Morgan fingerprint density at radius 2 is 2.12 bits per heavy atom. The van der Waals surface area contributed by atoms with E-state index in [9.17, 15) is 4.79 Å². The Labute approximate surface area is 147 Å². The molecule has 0 aliphatic heterocycles. The smallest absolute Gasteiger partial charge is 0.330 e. The van der Waals surface area contributed by atoms with Crippen LogP contribution < -0.4 is 5.69 Å². The number of imidazole rings is 1. The molecule has 25 heavy (non-hydrogen) atoms. The zero-order chi connectivity index (χ0) is 17.2. The SMILES string of the molecule is Cc1ccccc1-c1ncc(-c2nccn2CCc2n[nH]c(=O)[nH]2)s1. The monoisotopic (exact) mass is 352 g/mol. The number of aryl methyl sites for hydroxylation is 3. The Morgan fingerprint density at radius 1 is 1.24 bits per heavy atom. The molecule has 7 nitrogen and oxygen atoms in total. The first-order chi connectivity index (χ1) is 12.2. The van der Waals surface area contributed by atoms with Gasteiger partial charge in [-0.15, -0.1) is 11.3 Å². The summed E-state index contributed by atoms with van der Waals surface area (Å²) in [5.41, 5.74) is 2.06. The van der Waals surface area contributed by atoms with Crippen molar-refractivity contribution >= 4 is 11.3 Å². The maximum atomic E-state index is 11.1. The first-order valence-corrected chi connectivity index (χ1v) is 8.69. The zero-order valence-corrected chi connectivity index (χ0v) is 14.4. The van der Waals surface area contributed by atoms with Crippen LogP contribution in [-0.4, -0.2) is 29.7 Å². The third-order valence-corrected chi connectivity index (χ3v) is 4.98. The molecule has 0 radical (unpaired) electrons. The minimum Gasteiger partial charge on any atom is -0.330 e. The summed E-state index contributed by atoms with van der Waals surface area (Å²) in [6, 6.07) is 8.22. The van der Waals surface area contributed by atoms with Crippen molar-refractivity contribution in [2.45, 2.75) is 19.9 Å². The van der Waals surface area contributed by atoms with Crippen molar-refractivity contribution in [1.82, 2.24) is 29.7 Å². The van der Waals surface area contributed by atoms with Gasteiger partial charge in [-0.05, 0) is 12.5 Å².